The van der Waals surface area contributed by atoms with Crippen LogP contribution in [0.5, 0.6) is 0 Å². The van der Waals surface area contributed by atoms with Gasteiger partial charge in [0.05, 0.1) is 0 Å². The summed E-state index contributed by atoms with van der Waals surface area (Å²) in [4.78, 5) is 10.5. The summed E-state index contributed by atoms with van der Waals surface area (Å²) in [6.07, 6.45) is 1.79. The molecule has 3 N–H and O–H groups in total. The average Bonchev–Trinajstić information content (AvgIpc) is 1.87. The van der Waals surface area contributed by atoms with Gasteiger partial charge in [-0.15, -0.1) is 0 Å². The van der Waals surface area contributed by atoms with Crippen molar-refractivity contribution < 1.29 is 4.79 Å². The maximum absolute atomic E-state index is 10.5. The van der Waals surface area contributed by atoms with Gasteiger partial charge in [0.15, 0.2) is 0 Å². The number of rotatable bonds is 3. The van der Waals surface area contributed by atoms with Gasteiger partial charge in [-0.25, -0.2) is 0 Å². The van der Waals surface area contributed by atoms with Gasteiger partial charge in [-0.3, -0.25) is 4.79 Å². The minimum absolute atomic E-state index is 0.201. The Hall–Kier alpha value is -0.830. The lowest BCUT2D eigenvalue weighted by molar-refractivity contribution is -0.114. The zero-order valence-electron chi connectivity index (χ0n) is 6.64. The summed E-state index contributed by atoms with van der Waals surface area (Å²) in [7, 11) is 1.83. The van der Waals surface area contributed by atoms with Crippen LogP contribution in [-0.2, 0) is 4.79 Å². The second-order valence-electron chi connectivity index (χ2n) is 2.29. The summed E-state index contributed by atoms with van der Waals surface area (Å²) in [5.74, 6) is -0.359. The van der Waals surface area contributed by atoms with Gasteiger partial charge in [-0.1, -0.05) is 6.08 Å². The molecule has 0 rings (SSSR count). The van der Waals surface area contributed by atoms with Crippen LogP contribution < -0.4 is 11.1 Å². The van der Waals surface area contributed by atoms with Gasteiger partial charge in [0.25, 0.3) is 0 Å². The molecule has 0 spiro atoms. The molecule has 0 aliphatic rings. The maximum Gasteiger partial charge on any atom is 0.244 e. The van der Waals surface area contributed by atoms with Crippen LogP contribution in [0, 0.1) is 0 Å². The Kier molecular flexibility index (Phi) is 3.72. The molecular weight excluding hydrogens is 128 g/mol. The monoisotopic (exact) mass is 142 g/mol. The van der Waals surface area contributed by atoms with E-state index in [0.29, 0.717) is 5.57 Å². The summed E-state index contributed by atoms with van der Waals surface area (Å²) in [5, 5.41) is 2.97. The zero-order valence-corrected chi connectivity index (χ0v) is 6.64. The van der Waals surface area contributed by atoms with Crippen molar-refractivity contribution in [3.05, 3.63) is 11.6 Å². The van der Waals surface area contributed by atoms with E-state index < -0.39 is 0 Å². The SMILES string of the molecule is CNC(C)/C=C(\C)C(N)=O. The van der Waals surface area contributed by atoms with Gasteiger partial charge >= 0.3 is 0 Å². The zero-order chi connectivity index (χ0) is 8.15. The van der Waals surface area contributed by atoms with Gasteiger partial charge in [0.2, 0.25) is 5.91 Å². The van der Waals surface area contributed by atoms with Gasteiger partial charge < -0.3 is 11.1 Å². The predicted molar refractivity (Wildman–Crippen MR) is 41.5 cm³/mol. The average molecular weight is 142 g/mol. The number of carbonyl (C=O) groups excluding carboxylic acids is 1. The van der Waals surface area contributed by atoms with Crippen molar-refractivity contribution in [3.8, 4) is 0 Å². The van der Waals surface area contributed by atoms with Crippen LogP contribution in [0.1, 0.15) is 13.8 Å². The Labute approximate surface area is 61.3 Å². The number of hydrogen-bond donors (Lipinski definition) is 2. The summed E-state index contributed by atoms with van der Waals surface area (Å²) in [6, 6.07) is 0.201. The third kappa shape index (κ3) is 3.25. The molecule has 1 unspecified atom stereocenters. The Morgan fingerprint density at radius 2 is 2.20 bits per heavy atom. The highest BCUT2D eigenvalue weighted by molar-refractivity contribution is 5.91. The number of amides is 1. The first-order chi connectivity index (χ1) is 4.57. The number of nitrogens with one attached hydrogen (secondary N) is 1. The minimum Gasteiger partial charge on any atom is -0.366 e. The number of nitrogens with two attached hydrogens (primary N) is 1. The van der Waals surface area contributed by atoms with Crippen LogP contribution in [0.25, 0.3) is 0 Å². The lowest BCUT2D eigenvalue weighted by Gasteiger charge is -2.03. The molecule has 0 aromatic heterocycles. The molecule has 3 heteroatoms. The number of hydrogen-bond acceptors (Lipinski definition) is 2. The van der Waals surface area contributed by atoms with Crippen LogP contribution in [-0.4, -0.2) is 19.0 Å². The topological polar surface area (TPSA) is 55.1 Å². The summed E-state index contributed by atoms with van der Waals surface area (Å²) in [6.45, 7) is 3.66. The molecule has 1 amide bonds. The van der Waals surface area contributed by atoms with E-state index in [0.717, 1.165) is 0 Å². The standard InChI is InChI=1S/C7H14N2O/c1-5(7(8)10)4-6(2)9-3/h4,6,9H,1-3H3,(H2,8,10)/b5-4+. The molecule has 0 saturated carbocycles. The molecule has 58 valence electrons. The third-order valence-electron chi connectivity index (χ3n) is 1.34. The molecule has 3 nitrogen and oxygen atoms in total. The normalized spacial score (nSPS) is 14.9. The Balaban J connectivity index is 4.02. The molecule has 0 aromatic carbocycles. The number of carbonyl (C=O) groups is 1. The van der Waals surface area contributed by atoms with E-state index in [4.69, 9.17) is 5.73 Å². The first-order valence-electron chi connectivity index (χ1n) is 3.23. The first-order valence-corrected chi connectivity index (χ1v) is 3.23. The van der Waals surface area contributed by atoms with Gasteiger partial charge in [-0.2, -0.15) is 0 Å². The molecule has 0 aliphatic heterocycles. The smallest absolute Gasteiger partial charge is 0.244 e. The lowest BCUT2D eigenvalue weighted by Crippen LogP contribution is -2.21. The molecule has 0 radical (unpaired) electrons. The van der Waals surface area contributed by atoms with Crippen molar-refractivity contribution in [1.82, 2.24) is 5.32 Å². The lowest BCUT2D eigenvalue weighted by atomic mass is 10.2. The van der Waals surface area contributed by atoms with E-state index in [1.54, 1.807) is 13.0 Å². The molecule has 10 heavy (non-hydrogen) atoms. The van der Waals surface area contributed by atoms with E-state index in [1.807, 2.05) is 14.0 Å². The van der Waals surface area contributed by atoms with Crippen LogP contribution in [0.15, 0.2) is 11.6 Å². The van der Waals surface area contributed by atoms with Gasteiger partial charge in [0, 0.05) is 11.6 Å². The Morgan fingerprint density at radius 3 is 2.50 bits per heavy atom. The molecular formula is C7H14N2O. The molecule has 0 bridgehead atoms. The van der Waals surface area contributed by atoms with Crippen LogP contribution in [0.3, 0.4) is 0 Å². The number of primary amides is 1. The second-order valence-corrected chi connectivity index (χ2v) is 2.29. The minimum atomic E-state index is -0.359. The first kappa shape index (κ1) is 9.17. The van der Waals surface area contributed by atoms with E-state index in [-0.39, 0.29) is 11.9 Å². The van der Waals surface area contributed by atoms with Crippen molar-refractivity contribution in [1.29, 1.82) is 0 Å². The molecule has 1 atom stereocenters. The molecule has 0 aromatic rings. The molecule has 0 saturated heterocycles. The highest BCUT2D eigenvalue weighted by Gasteiger charge is 1.98. The fourth-order valence-electron chi connectivity index (χ4n) is 0.540. The van der Waals surface area contributed by atoms with E-state index in [1.165, 1.54) is 0 Å². The Bertz CT molecular complexity index is 152. The van der Waals surface area contributed by atoms with Crippen LogP contribution in [0.2, 0.25) is 0 Å². The van der Waals surface area contributed by atoms with E-state index in [2.05, 4.69) is 5.32 Å². The molecule has 0 aliphatic carbocycles. The van der Waals surface area contributed by atoms with Crippen molar-refractivity contribution in [3.63, 3.8) is 0 Å². The third-order valence-corrected chi connectivity index (χ3v) is 1.34. The van der Waals surface area contributed by atoms with Crippen molar-refractivity contribution in [2.75, 3.05) is 7.05 Å². The number of likely N-dealkylation sites (N-methyl/N-ethyl adjacent to an activating group) is 1. The fourth-order valence-corrected chi connectivity index (χ4v) is 0.540. The predicted octanol–water partition coefficient (Wildman–Crippen LogP) is 0.0259. The maximum atomic E-state index is 10.5. The van der Waals surface area contributed by atoms with Gasteiger partial charge in [0.1, 0.15) is 0 Å². The largest absolute Gasteiger partial charge is 0.366 e. The highest BCUT2D eigenvalue weighted by Crippen LogP contribution is 1.93. The second kappa shape index (κ2) is 4.06. The Morgan fingerprint density at radius 1 is 1.70 bits per heavy atom. The van der Waals surface area contributed by atoms with Crippen molar-refractivity contribution >= 4 is 5.91 Å². The van der Waals surface area contributed by atoms with Gasteiger partial charge in [-0.05, 0) is 20.9 Å². The quantitative estimate of drug-likeness (QED) is 0.546. The van der Waals surface area contributed by atoms with Crippen LogP contribution >= 0.6 is 0 Å². The fraction of sp³-hybridized carbons (Fsp3) is 0.571. The van der Waals surface area contributed by atoms with E-state index >= 15 is 0 Å². The molecule has 0 heterocycles. The van der Waals surface area contributed by atoms with Crippen molar-refractivity contribution in [2.24, 2.45) is 5.73 Å². The molecule has 0 fully saturated rings. The summed E-state index contributed by atoms with van der Waals surface area (Å²) >= 11 is 0. The van der Waals surface area contributed by atoms with Crippen molar-refractivity contribution in [2.45, 2.75) is 19.9 Å². The highest BCUT2D eigenvalue weighted by atomic mass is 16.1. The summed E-state index contributed by atoms with van der Waals surface area (Å²) in [5.41, 5.74) is 5.60. The van der Waals surface area contributed by atoms with Crippen LogP contribution in [0.4, 0.5) is 0 Å². The summed E-state index contributed by atoms with van der Waals surface area (Å²) < 4.78 is 0. The van der Waals surface area contributed by atoms with E-state index in [9.17, 15) is 4.79 Å².